The fourth-order valence-electron chi connectivity index (χ4n) is 1.99. The number of aromatic nitrogens is 2. The van der Waals surface area contributed by atoms with Crippen LogP contribution in [-0.2, 0) is 7.05 Å². The van der Waals surface area contributed by atoms with Gasteiger partial charge in [-0.3, -0.25) is 9.13 Å². The average molecular weight is 220 g/mol. The molecular weight excluding hydrogens is 204 g/mol. The molecule has 2 aromatic rings. The zero-order valence-electron chi connectivity index (χ0n) is 9.77. The van der Waals surface area contributed by atoms with E-state index in [0.29, 0.717) is 0 Å². The summed E-state index contributed by atoms with van der Waals surface area (Å²) in [7, 11) is 1.75. The average Bonchev–Trinajstić information content (AvgIpc) is 2.51. The van der Waals surface area contributed by atoms with Crippen LogP contribution in [0.5, 0.6) is 0 Å². The summed E-state index contributed by atoms with van der Waals surface area (Å²) in [6.45, 7) is 3.79. The highest BCUT2D eigenvalue weighted by Gasteiger charge is 2.14. The van der Waals surface area contributed by atoms with Crippen molar-refractivity contribution in [3.05, 3.63) is 34.2 Å². The molecule has 0 radical (unpaired) electrons. The second-order valence-electron chi connectivity index (χ2n) is 4.24. The van der Waals surface area contributed by atoms with Gasteiger partial charge in [-0.1, -0.05) is 6.07 Å². The van der Waals surface area contributed by atoms with Crippen molar-refractivity contribution in [2.45, 2.75) is 19.9 Å². The van der Waals surface area contributed by atoms with Gasteiger partial charge in [0, 0.05) is 7.05 Å². The van der Waals surface area contributed by atoms with E-state index in [1.165, 1.54) is 0 Å². The summed E-state index contributed by atoms with van der Waals surface area (Å²) in [5.74, 6) is 0. The van der Waals surface area contributed by atoms with Gasteiger partial charge >= 0.3 is 5.69 Å². The number of hydrogen-bond donors (Lipinski definition) is 1. The summed E-state index contributed by atoms with van der Waals surface area (Å²) in [6, 6.07) is 5.70. The SMILES string of the molecule is Cc1ccc2c(c1)n(C(C)CO)c(=O)n2C. The second kappa shape index (κ2) is 3.79. The van der Waals surface area contributed by atoms with Gasteiger partial charge in [-0.15, -0.1) is 0 Å². The van der Waals surface area contributed by atoms with E-state index in [0.717, 1.165) is 16.6 Å². The van der Waals surface area contributed by atoms with E-state index in [1.807, 2.05) is 32.0 Å². The predicted octanol–water partition coefficient (Wildman–Crippen LogP) is 1.20. The van der Waals surface area contributed by atoms with Gasteiger partial charge in [0.25, 0.3) is 0 Å². The molecule has 1 unspecified atom stereocenters. The van der Waals surface area contributed by atoms with Crippen LogP contribution in [0.15, 0.2) is 23.0 Å². The summed E-state index contributed by atoms with van der Waals surface area (Å²) >= 11 is 0. The van der Waals surface area contributed by atoms with E-state index < -0.39 is 0 Å². The van der Waals surface area contributed by atoms with Gasteiger partial charge in [-0.25, -0.2) is 4.79 Å². The normalized spacial score (nSPS) is 13.2. The van der Waals surface area contributed by atoms with Crippen molar-refractivity contribution in [2.75, 3.05) is 6.61 Å². The van der Waals surface area contributed by atoms with Crippen LogP contribution in [0.1, 0.15) is 18.5 Å². The Morgan fingerprint density at radius 3 is 2.69 bits per heavy atom. The molecule has 0 bridgehead atoms. The summed E-state index contributed by atoms with van der Waals surface area (Å²) < 4.78 is 3.25. The molecule has 86 valence electrons. The van der Waals surface area contributed by atoms with Crippen LogP contribution >= 0.6 is 0 Å². The van der Waals surface area contributed by atoms with E-state index in [4.69, 9.17) is 0 Å². The molecule has 4 nitrogen and oxygen atoms in total. The van der Waals surface area contributed by atoms with Gasteiger partial charge in [0.05, 0.1) is 23.7 Å². The highest BCUT2D eigenvalue weighted by Crippen LogP contribution is 2.17. The van der Waals surface area contributed by atoms with Gasteiger partial charge in [0.2, 0.25) is 0 Å². The topological polar surface area (TPSA) is 47.2 Å². The number of benzene rings is 1. The molecule has 0 aliphatic carbocycles. The minimum atomic E-state index is -0.196. The number of rotatable bonds is 2. The van der Waals surface area contributed by atoms with Crippen molar-refractivity contribution in [1.82, 2.24) is 9.13 Å². The Hall–Kier alpha value is -1.55. The molecule has 16 heavy (non-hydrogen) atoms. The van der Waals surface area contributed by atoms with E-state index in [1.54, 1.807) is 16.2 Å². The molecule has 1 atom stereocenters. The van der Waals surface area contributed by atoms with Gasteiger partial charge in [-0.2, -0.15) is 0 Å². The molecule has 0 fully saturated rings. The molecule has 0 amide bonds. The van der Waals surface area contributed by atoms with Crippen LogP contribution in [-0.4, -0.2) is 20.8 Å². The van der Waals surface area contributed by atoms with Crippen molar-refractivity contribution in [2.24, 2.45) is 7.05 Å². The standard InChI is InChI=1S/C12H16N2O2/c1-8-4-5-10-11(6-8)14(9(2)7-15)12(16)13(10)3/h4-6,9,15H,7H2,1-3H3. The summed E-state index contributed by atoms with van der Waals surface area (Å²) in [4.78, 5) is 12.0. The van der Waals surface area contributed by atoms with Crippen molar-refractivity contribution < 1.29 is 5.11 Å². The lowest BCUT2D eigenvalue weighted by Crippen LogP contribution is -2.26. The van der Waals surface area contributed by atoms with E-state index in [-0.39, 0.29) is 18.3 Å². The van der Waals surface area contributed by atoms with E-state index in [9.17, 15) is 9.90 Å². The molecule has 1 N–H and O–H groups in total. The number of aryl methyl sites for hydroxylation is 2. The molecule has 2 rings (SSSR count). The molecule has 0 aliphatic heterocycles. The maximum Gasteiger partial charge on any atom is 0.329 e. The first-order chi connectivity index (χ1) is 7.56. The Labute approximate surface area is 93.7 Å². The Bertz CT molecular complexity index is 580. The zero-order chi connectivity index (χ0) is 11.9. The van der Waals surface area contributed by atoms with Gasteiger partial charge in [-0.05, 0) is 31.5 Å². The highest BCUT2D eigenvalue weighted by atomic mass is 16.3. The third-order valence-electron chi connectivity index (χ3n) is 2.95. The highest BCUT2D eigenvalue weighted by molar-refractivity contribution is 5.77. The van der Waals surface area contributed by atoms with Gasteiger partial charge in [0.1, 0.15) is 0 Å². The van der Waals surface area contributed by atoms with Gasteiger partial charge < -0.3 is 5.11 Å². The molecule has 1 aromatic heterocycles. The number of nitrogens with zero attached hydrogens (tertiary/aromatic N) is 2. The first kappa shape index (κ1) is 11.0. The van der Waals surface area contributed by atoms with Crippen molar-refractivity contribution >= 4 is 11.0 Å². The third kappa shape index (κ3) is 1.46. The van der Waals surface area contributed by atoms with E-state index in [2.05, 4.69) is 0 Å². The lowest BCUT2D eigenvalue weighted by molar-refractivity contribution is 0.238. The van der Waals surface area contributed by atoms with Crippen LogP contribution in [0.25, 0.3) is 11.0 Å². The van der Waals surface area contributed by atoms with Crippen LogP contribution in [0.3, 0.4) is 0 Å². The van der Waals surface area contributed by atoms with Crippen molar-refractivity contribution in [3.8, 4) is 0 Å². The molecule has 1 heterocycles. The molecule has 0 aliphatic rings. The predicted molar refractivity (Wildman–Crippen MR) is 63.7 cm³/mol. The van der Waals surface area contributed by atoms with Crippen molar-refractivity contribution in [1.29, 1.82) is 0 Å². The molecule has 1 aromatic carbocycles. The minimum Gasteiger partial charge on any atom is -0.394 e. The Kier molecular flexibility index (Phi) is 2.59. The molecule has 0 spiro atoms. The largest absolute Gasteiger partial charge is 0.394 e. The summed E-state index contributed by atoms with van der Waals surface area (Å²) in [6.07, 6.45) is 0. The Morgan fingerprint density at radius 2 is 2.06 bits per heavy atom. The Morgan fingerprint density at radius 1 is 1.38 bits per heavy atom. The maximum absolute atomic E-state index is 12.0. The first-order valence-electron chi connectivity index (χ1n) is 5.34. The van der Waals surface area contributed by atoms with Crippen LogP contribution in [0.2, 0.25) is 0 Å². The first-order valence-corrected chi connectivity index (χ1v) is 5.34. The fourth-order valence-corrected chi connectivity index (χ4v) is 1.99. The lowest BCUT2D eigenvalue weighted by atomic mass is 10.2. The molecule has 4 heteroatoms. The number of hydrogen-bond acceptors (Lipinski definition) is 2. The number of aliphatic hydroxyl groups is 1. The molecular formula is C12H16N2O2. The Balaban J connectivity index is 2.86. The third-order valence-corrected chi connectivity index (χ3v) is 2.95. The minimum absolute atomic E-state index is 0.0348. The maximum atomic E-state index is 12.0. The van der Waals surface area contributed by atoms with Gasteiger partial charge in [0.15, 0.2) is 0 Å². The monoisotopic (exact) mass is 220 g/mol. The lowest BCUT2D eigenvalue weighted by Gasteiger charge is -2.09. The molecule has 0 saturated heterocycles. The smallest absolute Gasteiger partial charge is 0.329 e. The van der Waals surface area contributed by atoms with E-state index >= 15 is 0 Å². The second-order valence-corrected chi connectivity index (χ2v) is 4.24. The fraction of sp³-hybridized carbons (Fsp3) is 0.417. The van der Waals surface area contributed by atoms with Crippen LogP contribution in [0.4, 0.5) is 0 Å². The number of imidazole rings is 1. The summed E-state index contributed by atoms with van der Waals surface area (Å²) in [5.41, 5.74) is 2.81. The number of fused-ring (bicyclic) bond motifs is 1. The van der Waals surface area contributed by atoms with Crippen molar-refractivity contribution in [3.63, 3.8) is 0 Å². The summed E-state index contributed by atoms with van der Waals surface area (Å²) in [5, 5.41) is 9.18. The molecule has 0 saturated carbocycles. The zero-order valence-corrected chi connectivity index (χ0v) is 9.77. The quantitative estimate of drug-likeness (QED) is 0.826. The van der Waals surface area contributed by atoms with Crippen LogP contribution < -0.4 is 5.69 Å². The number of aliphatic hydroxyl groups excluding tert-OH is 1. The van der Waals surface area contributed by atoms with Crippen LogP contribution in [0, 0.1) is 6.92 Å².